The van der Waals surface area contributed by atoms with Crippen LogP contribution in [0, 0.1) is 5.92 Å². The third kappa shape index (κ3) is 13.8. The average Bonchev–Trinajstić information content (AvgIpc) is 2.72. The lowest BCUT2D eigenvalue weighted by Crippen LogP contribution is -2.33. The van der Waals surface area contributed by atoms with Crippen LogP contribution in [0.3, 0.4) is 0 Å². The topological polar surface area (TPSA) is 160 Å². The Bertz CT molecular complexity index is 843. The van der Waals surface area contributed by atoms with Gasteiger partial charge in [-0.2, -0.15) is 0 Å². The van der Waals surface area contributed by atoms with Gasteiger partial charge in [-0.05, 0) is 45.1 Å². The van der Waals surface area contributed by atoms with Crippen LogP contribution in [0.1, 0.15) is 46.1 Å². The molecule has 192 valence electrons. The maximum Gasteiger partial charge on any atom is 0.407 e. The minimum atomic E-state index is -4.26. The molecule has 0 saturated carbocycles. The molecule has 4 N–H and O–H groups in total. The van der Waals surface area contributed by atoms with Gasteiger partial charge in [0.1, 0.15) is 12.2 Å². The van der Waals surface area contributed by atoms with E-state index in [4.69, 9.17) is 14.0 Å². The van der Waals surface area contributed by atoms with Gasteiger partial charge in [0.2, 0.25) is 0 Å². The number of carboxylic acid groups (broad SMARTS) is 1. The minimum absolute atomic E-state index is 0.0408. The van der Waals surface area contributed by atoms with Crippen LogP contribution in [-0.4, -0.2) is 59.1 Å². The van der Waals surface area contributed by atoms with Crippen LogP contribution in [0.25, 0.3) is 0 Å². The molecule has 0 aliphatic heterocycles. The van der Waals surface area contributed by atoms with Gasteiger partial charge in [0.15, 0.2) is 6.10 Å². The van der Waals surface area contributed by atoms with Gasteiger partial charge in [-0.15, -0.1) is 0 Å². The van der Waals surface area contributed by atoms with Crippen molar-refractivity contribution in [3.63, 3.8) is 0 Å². The summed E-state index contributed by atoms with van der Waals surface area (Å²) >= 11 is 0. The van der Waals surface area contributed by atoms with E-state index in [9.17, 15) is 28.9 Å². The maximum absolute atomic E-state index is 12.4. The monoisotopic (exact) mass is 502 g/mol. The molecule has 1 rings (SSSR count). The molecule has 0 aliphatic carbocycles. The van der Waals surface area contributed by atoms with Crippen LogP contribution in [0.2, 0.25) is 0 Å². The highest BCUT2D eigenvalue weighted by Crippen LogP contribution is 2.45. The molecule has 0 aromatic heterocycles. The number of carbonyl (C=O) groups is 3. The van der Waals surface area contributed by atoms with Gasteiger partial charge < -0.3 is 30.1 Å². The Morgan fingerprint density at radius 1 is 1.09 bits per heavy atom. The summed E-state index contributed by atoms with van der Waals surface area (Å²) in [5, 5.41) is 14.3. The Labute approximate surface area is 199 Å². The Morgan fingerprint density at radius 3 is 2.32 bits per heavy atom. The van der Waals surface area contributed by atoms with Crippen molar-refractivity contribution in [2.24, 2.45) is 5.92 Å². The molecular weight excluding hydrogens is 467 g/mol. The van der Waals surface area contributed by atoms with E-state index < -0.39 is 43.4 Å². The first-order valence-corrected chi connectivity index (χ1v) is 12.7. The third-order valence-corrected chi connectivity index (χ3v) is 5.90. The number of ether oxygens (including phenoxy) is 2. The zero-order chi connectivity index (χ0) is 25.8. The van der Waals surface area contributed by atoms with Crippen LogP contribution in [0.15, 0.2) is 30.3 Å². The van der Waals surface area contributed by atoms with Crippen molar-refractivity contribution in [3.8, 4) is 0 Å². The molecule has 3 unspecified atom stereocenters. The molecule has 12 heteroatoms. The Kier molecular flexibility index (Phi) is 12.1. The third-order valence-electron chi connectivity index (χ3n) is 4.23. The zero-order valence-electron chi connectivity index (χ0n) is 20.0. The van der Waals surface area contributed by atoms with Gasteiger partial charge in [-0.25, -0.2) is 14.4 Å². The minimum Gasteiger partial charge on any atom is -0.479 e. The van der Waals surface area contributed by atoms with Crippen LogP contribution in [0.4, 0.5) is 9.59 Å². The molecule has 0 spiro atoms. The second kappa shape index (κ2) is 13.9. The van der Waals surface area contributed by atoms with Gasteiger partial charge in [-0.1, -0.05) is 37.3 Å². The van der Waals surface area contributed by atoms with Crippen LogP contribution < -0.4 is 10.6 Å². The van der Waals surface area contributed by atoms with E-state index in [0.29, 0.717) is 0 Å². The summed E-state index contributed by atoms with van der Waals surface area (Å²) in [5.74, 6) is -1.87. The summed E-state index contributed by atoms with van der Waals surface area (Å²) in [7, 11) is -4.26. The number of rotatable bonds is 13. The highest BCUT2D eigenvalue weighted by molar-refractivity contribution is 7.52. The molecule has 2 amide bonds. The first-order valence-electron chi connectivity index (χ1n) is 10.9. The van der Waals surface area contributed by atoms with Crippen molar-refractivity contribution < 1.29 is 42.9 Å². The molecular formula is C22H35N2O9P. The maximum atomic E-state index is 12.4. The number of amides is 2. The highest BCUT2D eigenvalue weighted by atomic mass is 31.2. The second-order valence-electron chi connectivity index (χ2n) is 8.87. The zero-order valence-corrected chi connectivity index (χ0v) is 20.9. The standard InChI is InChI=1S/C22H35N2O9P/c1-16(13-24-20(27)31-14-17-9-6-5-7-10-17)15-34(29,30)33-18(19(25)26)11-8-12-23-21(28)32-22(2,3)4/h5-7,9-10,16,18H,8,11-15H2,1-4H3,(H,23,28)(H,24,27)(H,25,26)(H,29,30). The fourth-order valence-electron chi connectivity index (χ4n) is 2.75. The SMILES string of the molecule is CC(CNC(=O)OCc1ccccc1)CP(=O)(O)OC(CCCNC(=O)OC(C)(C)C)C(=O)O. The predicted octanol–water partition coefficient (Wildman–Crippen LogP) is 3.51. The molecule has 0 bridgehead atoms. The van der Waals surface area contributed by atoms with Crippen molar-refractivity contribution in [3.05, 3.63) is 35.9 Å². The smallest absolute Gasteiger partial charge is 0.407 e. The lowest BCUT2D eigenvalue weighted by atomic mass is 10.2. The van der Waals surface area contributed by atoms with E-state index in [1.807, 2.05) is 30.3 Å². The quantitative estimate of drug-likeness (QED) is 0.234. The molecule has 0 fully saturated rings. The summed E-state index contributed by atoms with van der Waals surface area (Å²) in [6.45, 7) is 7.00. The van der Waals surface area contributed by atoms with E-state index >= 15 is 0 Å². The van der Waals surface area contributed by atoms with E-state index in [1.54, 1.807) is 27.7 Å². The number of nitrogens with one attached hydrogen (secondary N) is 2. The Hall–Kier alpha value is -2.62. The number of hydrogen-bond acceptors (Lipinski definition) is 7. The van der Waals surface area contributed by atoms with E-state index in [-0.39, 0.29) is 38.7 Å². The van der Waals surface area contributed by atoms with Crippen molar-refractivity contribution in [2.45, 2.75) is 58.8 Å². The molecule has 3 atom stereocenters. The molecule has 0 saturated heterocycles. The predicted molar refractivity (Wildman–Crippen MR) is 124 cm³/mol. The van der Waals surface area contributed by atoms with Crippen molar-refractivity contribution in [1.82, 2.24) is 10.6 Å². The molecule has 11 nitrogen and oxygen atoms in total. The lowest BCUT2D eigenvalue weighted by molar-refractivity contribution is -0.145. The first kappa shape index (κ1) is 29.4. The summed E-state index contributed by atoms with van der Waals surface area (Å²) in [6.07, 6.45) is -3.09. The number of carbonyl (C=O) groups excluding carboxylic acids is 2. The Morgan fingerprint density at radius 2 is 1.74 bits per heavy atom. The lowest BCUT2D eigenvalue weighted by Gasteiger charge is -2.21. The van der Waals surface area contributed by atoms with Crippen LogP contribution in [0.5, 0.6) is 0 Å². The van der Waals surface area contributed by atoms with E-state index in [1.165, 1.54) is 0 Å². The molecule has 0 aliphatic rings. The summed E-state index contributed by atoms with van der Waals surface area (Å²) < 4.78 is 27.6. The van der Waals surface area contributed by atoms with Crippen LogP contribution in [-0.2, 0) is 30.0 Å². The molecule has 34 heavy (non-hydrogen) atoms. The summed E-state index contributed by atoms with van der Waals surface area (Å²) in [5.41, 5.74) is 0.157. The van der Waals surface area contributed by atoms with Crippen molar-refractivity contribution in [1.29, 1.82) is 0 Å². The van der Waals surface area contributed by atoms with E-state index in [2.05, 4.69) is 10.6 Å². The molecule has 0 radical (unpaired) electrons. The normalized spacial score (nSPS) is 14.9. The largest absolute Gasteiger partial charge is 0.479 e. The average molecular weight is 503 g/mol. The molecule has 0 heterocycles. The fraction of sp³-hybridized carbons (Fsp3) is 0.591. The van der Waals surface area contributed by atoms with Gasteiger partial charge >= 0.3 is 25.8 Å². The highest BCUT2D eigenvalue weighted by Gasteiger charge is 2.31. The fourth-order valence-corrected chi connectivity index (χ4v) is 4.34. The van der Waals surface area contributed by atoms with Crippen molar-refractivity contribution >= 4 is 25.8 Å². The number of hydrogen-bond donors (Lipinski definition) is 4. The number of benzene rings is 1. The second-order valence-corrected chi connectivity index (χ2v) is 10.7. The van der Waals surface area contributed by atoms with Crippen molar-refractivity contribution in [2.75, 3.05) is 19.3 Å². The number of aliphatic carboxylic acids is 1. The number of carboxylic acids is 1. The van der Waals surface area contributed by atoms with Gasteiger partial charge in [0, 0.05) is 13.1 Å². The molecule has 1 aromatic carbocycles. The number of alkyl carbamates (subject to hydrolysis) is 2. The Balaban J connectivity index is 2.38. The summed E-state index contributed by atoms with van der Waals surface area (Å²) in [4.78, 5) is 45.0. The van der Waals surface area contributed by atoms with Crippen LogP contribution >= 0.6 is 7.60 Å². The van der Waals surface area contributed by atoms with E-state index in [0.717, 1.165) is 5.56 Å². The molecule has 1 aromatic rings. The van der Waals surface area contributed by atoms with Gasteiger partial charge in [-0.3, -0.25) is 9.09 Å². The summed E-state index contributed by atoms with van der Waals surface area (Å²) in [6, 6.07) is 9.10. The first-order chi connectivity index (χ1) is 15.8. The van der Waals surface area contributed by atoms with Gasteiger partial charge in [0.25, 0.3) is 0 Å². The van der Waals surface area contributed by atoms with Gasteiger partial charge in [0.05, 0.1) is 6.16 Å².